The molecular formula is C9H12NO4S-. The maximum absolute atomic E-state index is 11.5. The minimum absolute atomic E-state index is 0.208. The van der Waals surface area contributed by atoms with Crippen molar-refractivity contribution in [2.75, 3.05) is 6.61 Å². The van der Waals surface area contributed by atoms with Gasteiger partial charge in [-0.2, -0.15) is 0 Å². The molecule has 0 bridgehead atoms. The van der Waals surface area contributed by atoms with Crippen molar-refractivity contribution in [2.45, 2.75) is 30.0 Å². The van der Waals surface area contributed by atoms with E-state index in [9.17, 15) is 14.7 Å². The zero-order valence-corrected chi connectivity index (χ0v) is 9.28. The quantitative estimate of drug-likeness (QED) is 0.578. The second kappa shape index (κ2) is 3.12. The van der Waals surface area contributed by atoms with Crippen molar-refractivity contribution in [1.29, 1.82) is 0 Å². The molecule has 2 fully saturated rings. The van der Waals surface area contributed by atoms with Gasteiger partial charge in [0.15, 0.2) is 0 Å². The first-order valence-electron chi connectivity index (χ1n) is 4.72. The van der Waals surface area contributed by atoms with Crippen LogP contribution in [0.2, 0.25) is 0 Å². The van der Waals surface area contributed by atoms with Gasteiger partial charge in [-0.1, -0.05) is 0 Å². The molecule has 3 atom stereocenters. The molecule has 1 N–H and O–H groups in total. The number of aliphatic hydroxyl groups excluding tert-OH is 1. The molecule has 0 aromatic rings. The molecule has 1 amide bonds. The fourth-order valence-corrected chi connectivity index (χ4v) is 3.91. The number of carbonyl (C=O) groups is 2. The number of carboxylic acid groups (broad SMARTS) is 1. The zero-order chi connectivity index (χ0) is 11.4. The van der Waals surface area contributed by atoms with Crippen LogP contribution in [-0.2, 0) is 9.59 Å². The Morgan fingerprint density at radius 3 is 2.73 bits per heavy atom. The van der Waals surface area contributed by atoms with Gasteiger partial charge >= 0.3 is 0 Å². The van der Waals surface area contributed by atoms with Gasteiger partial charge in [-0.25, -0.2) is 0 Å². The van der Waals surface area contributed by atoms with Gasteiger partial charge in [0.2, 0.25) is 5.91 Å². The van der Waals surface area contributed by atoms with Crippen LogP contribution in [0.4, 0.5) is 0 Å². The maximum atomic E-state index is 11.5. The summed E-state index contributed by atoms with van der Waals surface area (Å²) < 4.78 is -0.552. The number of carbonyl (C=O) groups excluding carboxylic acids is 2. The van der Waals surface area contributed by atoms with Crippen LogP contribution in [0.5, 0.6) is 0 Å². The number of hydrogen-bond acceptors (Lipinski definition) is 5. The van der Waals surface area contributed by atoms with Crippen LogP contribution in [0.25, 0.3) is 0 Å². The van der Waals surface area contributed by atoms with Crippen molar-refractivity contribution < 1.29 is 19.8 Å². The molecule has 2 rings (SSSR count). The maximum Gasteiger partial charge on any atom is 0.232 e. The van der Waals surface area contributed by atoms with E-state index in [4.69, 9.17) is 5.11 Å². The molecule has 2 saturated heterocycles. The van der Waals surface area contributed by atoms with Crippen LogP contribution in [0.1, 0.15) is 13.8 Å². The second-order valence-corrected chi connectivity index (χ2v) is 6.14. The number of thioether (sulfide) groups is 1. The SMILES string of the molecule is CC1(C)S[C@@H]2[C@@H](CO)C(=O)N2[C@H]1C(=O)[O-]. The molecule has 84 valence electrons. The predicted octanol–water partition coefficient (Wildman–Crippen LogP) is -1.59. The van der Waals surface area contributed by atoms with E-state index < -0.39 is 22.7 Å². The fraction of sp³-hybridized carbons (Fsp3) is 0.778. The third-order valence-corrected chi connectivity index (χ3v) is 4.60. The molecule has 2 heterocycles. The summed E-state index contributed by atoms with van der Waals surface area (Å²) in [6.45, 7) is 3.33. The monoisotopic (exact) mass is 230 g/mol. The van der Waals surface area contributed by atoms with Gasteiger partial charge in [-0.05, 0) is 13.8 Å². The number of β-lactam (4-membered cyclic amide) rings is 1. The van der Waals surface area contributed by atoms with Crippen LogP contribution in [0.3, 0.4) is 0 Å². The Morgan fingerprint density at radius 2 is 2.27 bits per heavy atom. The summed E-state index contributed by atoms with van der Waals surface area (Å²) in [5, 5.41) is 19.7. The van der Waals surface area contributed by atoms with E-state index >= 15 is 0 Å². The third-order valence-electron chi connectivity index (χ3n) is 2.97. The number of fused-ring (bicyclic) bond motifs is 1. The van der Waals surface area contributed by atoms with Crippen LogP contribution in [0, 0.1) is 5.92 Å². The lowest BCUT2D eigenvalue weighted by atomic mass is 9.92. The van der Waals surface area contributed by atoms with E-state index in [0.717, 1.165) is 0 Å². The van der Waals surface area contributed by atoms with E-state index in [0.29, 0.717) is 0 Å². The number of aliphatic hydroxyl groups is 1. The molecule has 0 saturated carbocycles. The predicted molar refractivity (Wildman–Crippen MR) is 51.7 cm³/mol. The first kappa shape index (κ1) is 10.8. The third kappa shape index (κ3) is 1.28. The minimum atomic E-state index is -1.22. The fourth-order valence-electron chi connectivity index (χ4n) is 2.24. The average molecular weight is 230 g/mol. The Bertz CT molecular complexity index is 330. The standard InChI is InChI=1S/C9H13NO4S/c1-9(2)5(8(13)14)10-6(12)4(3-11)7(10)15-9/h4-5,7,11H,3H2,1-2H3,(H,13,14)/p-1/t4-,5-,7+/m0/s1. The Balaban J connectivity index is 2.28. The molecule has 0 spiro atoms. The van der Waals surface area contributed by atoms with E-state index in [-0.39, 0.29) is 17.9 Å². The van der Waals surface area contributed by atoms with E-state index in [2.05, 4.69) is 0 Å². The number of nitrogens with zero attached hydrogens (tertiary/aromatic N) is 1. The van der Waals surface area contributed by atoms with Crippen molar-refractivity contribution in [3.05, 3.63) is 0 Å². The van der Waals surface area contributed by atoms with Gasteiger partial charge in [-0.15, -0.1) is 11.8 Å². The Kier molecular flexibility index (Phi) is 2.24. The summed E-state index contributed by atoms with van der Waals surface area (Å²) in [7, 11) is 0. The summed E-state index contributed by atoms with van der Waals surface area (Å²) in [5.41, 5.74) is 0. The van der Waals surface area contributed by atoms with E-state index in [1.807, 2.05) is 0 Å². The highest BCUT2D eigenvalue weighted by atomic mass is 32.2. The second-order valence-electron chi connectivity index (χ2n) is 4.37. The average Bonchev–Trinajstić information content (AvgIpc) is 2.35. The van der Waals surface area contributed by atoms with Crippen molar-refractivity contribution in [3.63, 3.8) is 0 Å². The van der Waals surface area contributed by atoms with Crippen molar-refractivity contribution in [3.8, 4) is 0 Å². The van der Waals surface area contributed by atoms with Gasteiger partial charge < -0.3 is 19.9 Å². The number of amides is 1. The molecule has 0 unspecified atom stereocenters. The number of aliphatic carboxylic acids is 1. The molecule has 0 aromatic carbocycles. The molecule has 15 heavy (non-hydrogen) atoms. The number of carboxylic acids is 1. The van der Waals surface area contributed by atoms with Crippen LogP contribution < -0.4 is 5.11 Å². The Hall–Kier alpha value is -0.750. The number of rotatable bonds is 2. The Morgan fingerprint density at radius 1 is 1.67 bits per heavy atom. The largest absolute Gasteiger partial charge is 0.548 e. The minimum Gasteiger partial charge on any atom is -0.548 e. The highest BCUT2D eigenvalue weighted by molar-refractivity contribution is 8.01. The van der Waals surface area contributed by atoms with E-state index in [1.165, 1.54) is 16.7 Å². The van der Waals surface area contributed by atoms with Crippen molar-refractivity contribution >= 4 is 23.6 Å². The first-order chi connectivity index (χ1) is 6.90. The highest BCUT2D eigenvalue weighted by Crippen LogP contribution is 2.52. The van der Waals surface area contributed by atoms with Crippen LogP contribution in [-0.4, -0.2) is 44.7 Å². The lowest BCUT2D eigenvalue weighted by Crippen LogP contribution is -2.65. The molecule has 6 heteroatoms. The first-order valence-corrected chi connectivity index (χ1v) is 5.60. The molecule has 0 radical (unpaired) electrons. The lowest BCUT2D eigenvalue weighted by molar-refractivity contribution is -0.313. The summed E-state index contributed by atoms with van der Waals surface area (Å²) in [6, 6.07) is -0.886. The zero-order valence-electron chi connectivity index (χ0n) is 8.47. The van der Waals surface area contributed by atoms with E-state index in [1.54, 1.807) is 13.8 Å². The van der Waals surface area contributed by atoms with Crippen LogP contribution in [0.15, 0.2) is 0 Å². The highest BCUT2D eigenvalue weighted by Gasteiger charge is 2.61. The summed E-state index contributed by atoms with van der Waals surface area (Å²) in [4.78, 5) is 23.8. The molecule has 2 aliphatic rings. The summed E-state index contributed by atoms with van der Waals surface area (Å²) in [6.07, 6.45) is 0. The molecule has 0 aliphatic carbocycles. The summed E-state index contributed by atoms with van der Waals surface area (Å²) >= 11 is 1.41. The van der Waals surface area contributed by atoms with Gasteiger partial charge in [0, 0.05) is 4.75 Å². The van der Waals surface area contributed by atoms with Crippen molar-refractivity contribution in [1.82, 2.24) is 4.90 Å². The molecule has 0 aromatic heterocycles. The van der Waals surface area contributed by atoms with Crippen molar-refractivity contribution in [2.24, 2.45) is 5.92 Å². The Labute approximate surface area is 91.4 Å². The molecular weight excluding hydrogens is 218 g/mol. The molecule has 5 nitrogen and oxygen atoms in total. The van der Waals surface area contributed by atoms with Gasteiger partial charge in [0.05, 0.1) is 29.9 Å². The van der Waals surface area contributed by atoms with Gasteiger partial charge in [-0.3, -0.25) is 4.79 Å². The molecule has 2 aliphatic heterocycles. The lowest BCUT2D eigenvalue weighted by Gasteiger charge is -2.44. The van der Waals surface area contributed by atoms with Crippen LogP contribution >= 0.6 is 11.8 Å². The number of hydrogen-bond donors (Lipinski definition) is 1. The normalized spacial score (nSPS) is 37.4. The summed E-state index contributed by atoms with van der Waals surface area (Å²) in [5.74, 6) is -1.95. The smallest absolute Gasteiger partial charge is 0.232 e. The van der Waals surface area contributed by atoms with Gasteiger partial charge in [0.25, 0.3) is 0 Å². The van der Waals surface area contributed by atoms with Gasteiger partial charge in [0.1, 0.15) is 0 Å². The topological polar surface area (TPSA) is 80.7 Å².